The zero-order valence-corrected chi connectivity index (χ0v) is 6.51. The van der Waals surface area contributed by atoms with Crippen LogP contribution in [0.4, 0.5) is 0 Å². The van der Waals surface area contributed by atoms with Gasteiger partial charge in [0, 0.05) is 5.57 Å². The molecule has 0 atom stereocenters. The van der Waals surface area contributed by atoms with Crippen molar-refractivity contribution in [2.45, 2.75) is 0 Å². The van der Waals surface area contributed by atoms with E-state index in [-0.39, 0.29) is 5.84 Å². The highest BCUT2D eigenvalue weighted by molar-refractivity contribution is 5.99. The molecule has 0 aliphatic heterocycles. The zero-order chi connectivity index (χ0) is 8.81. The summed E-state index contributed by atoms with van der Waals surface area (Å²) in [4.78, 5) is 0. The Bertz CT molecular complexity index is 296. The van der Waals surface area contributed by atoms with Crippen molar-refractivity contribution in [2.75, 3.05) is 0 Å². The Morgan fingerprint density at radius 1 is 1.17 bits per heavy atom. The third-order valence-corrected chi connectivity index (χ3v) is 1.40. The molecular weight excluding hydrogens is 152 g/mol. The molecule has 1 aliphatic carbocycles. The third-order valence-electron chi connectivity index (χ3n) is 1.40. The van der Waals surface area contributed by atoms with Gasteiger partial charge in [-0.2, -0.15) is 0 Å². The van der Waals surface area contributed by atoms with E-state index in [1.165, 1.54) is 0 Å². The highest BCUT2D eigenvalue weighted by atomic mass is 16.4. The van der Waals surface area contributed by atoms with Crippen LogP contribution in [0.3, 0.4) is 0 Å². The van der Waals surface area contributed by atoms with Crippen LogP contribution in [-0.2, 0) is 0 Å². The summed E-state index contributed by atoms with van der Waals surface area (Å²) < 4.78 is 0. The highest BCUT2D eigenvalue weighted by Crippen LogP contribution is 2.00. The van der Waals surface area contributed by atoms with E-state index < -0.39 is 0 Å². The minimum Gasteiger partial charge on any atom is -0.409 e. The molecule has 3 N–H and O–H groups in total. The first kappa shape index (κ1) is 8.33. The van der Waals surface area contributed by atoms with Gasteiger partial charge >= 0.3 is 0 Å². The highest BCUT2D eigenvalue weighted by Gasteiger charge is 1.96. The predicted molar refractivity (Wildman–Crippen MR) is 48.9 cm³/mol. The maximum atomic E-state index is 8.40. The Morgan fingerprint density at radius 2 is 1.83 bits per heavy atom. The number of hydrogen-bond acceptors (Lipinski definition) is 2. The van der Waals surface area contributed by atoms with Crippen LogP contribution in [0.15, 0.2) is 53.3 Å². The minimum absolute atomic E-state index is 0.117. The van der Waals surface area contributed by atoms with Crippen molar-refractivity contribution in [2.24, 2.45) is 10.9 Å². The standard InChI is InChI=1S/C9H10N2O/c10-9(11-12)8-6-4-2-1-3-5-7-8/h1-7,12H,(H2,10,11). The summed E-state index contributed by atoms with van der Waals surface area (Å²) in [7, 11) is 0. The summed E-state index contributed by atoms with van der Waals surface area (Å²) >= 11 is 0. The number of nitrogens with two attached hydrogens (primary N) is 1. The zero-order valence-electron chi connectivity index (χ0n) is 6.51. The van der Waals surface area contributed by atoms with Crippen LogP contribution < -0.4 is 5.73 Å². The topological polar surface area (TPSA) is 58.6 Å². The molecule has 0 aromatic rings. The molecule has 1 rings (SSSR count). The monoisotopic (exact) mass is 162 g/mol. The fraction of sp³-hybridized carbons (Fsp3) is 0. The molecule has 0 radical (unpaired) electrons. The van der Waals surface area contributed by atoms with E-state index in [0.29, 0.717) is 5.57 Å². The van der Waals surface area contributed by atoms with Gasteiger partial charge in [-0.3, -0.25) is 0 Å². The Balaban J connectivity index is 2.90. The summed E-state index contributed by atoms with van der Waals surface area (Å²) in [6, 6.07) is 0. The molecule has 3 heteroatoms. The van der Waals surface area contributed by atoms with E-state index in [4.69, 9.17) is 10.9 Å². The van der Waals surface area contributed by atoms with Crippen LogP contribution in [0.5, 0.6) is 0 Å². The van der Waals surface area contributed by atoms with E-state index in [2.05, 4.69) is 5.16 Å². The molecule has 62 valence electrons. The number of oxime groups is 1. The molecule has 3 nitrogen and oxygen atoms in total. The normalized spacial score (nSPS) is 17.0. The fourth-order valence-electron chi connectivity index (χ4n) is 0.795. The maximum Gasteiger partial charge on any atom is 0.170 e. The lowest BCUT2D eigenvalue weighted by Gasteiger charge is -1.97. The molecule has 0 heterocycles. The van der Waals surface area contributed by atoms with Crippen LogP contribution >= 0.6 is 0 Å². The molecule has 0 bridgehead atoms. The third kappa shape index (κ3) is 2.12. The van der Waals surface area contributed by atoms with Gasteiger partial charge in [0.15, 0.2) is 5.84 Å². The van der Waals surface area contributed by atoms with Crippen LogP contribution in [0.25, 0.3) is 0 Å². The van der Waals surface area contributed by atoms with Crippen molar-refractivity contribution in [1.29, 1.82) is 0 Å². The van der Waals surface area contributed by atoms with Gasteiger partial charge in [0.25, 0.3) is 0 Å². The first-order valence-electron chi connectivity index (χ1n) is 3.54. The number of allylic oxidation sites excluding steroid dienone is 6. The van der Waals surface area contributed by atoms with Crippen molar-refractivity contribution >= 4 is 5.84 Å². The van der Waals surface area contributed by atoms with Gasteiger partial charge < -0.3 is 10.9 Å². The van der Waals surface area contributed by atoms with Crippen LogP contribution in [0, 0.1) is 0 Å². The van der Waals surface area contributed by atoms with Gasteiger partial charge in [0.2, 0.25) is 0 Å². The van der Waals surface area contributed by atoms with E-state index in [9.17, 15) is 0 Å². The van der Waals surface area contributed by atoms with Crippen molar-refractivity contribution in [3.63, 3.8) is 0 Å². The van der Waals surface area contributed by atoms with Gasteiger partial charge in [-0.1, -0.05) is 47.7 Å². The van der Waals surface area contributed by atoms with Crippen LogP contribution in [0.2, 0.25) is 0 Å². The summed E-state index contributed by atoms with van der Waals surface area (Å²) in [5.41, 5.74) is 6.08. The lowest BCUT2D eigenvalue weighted by atomic mass is 10.2. The van der Waals surface area contributed by atoms with E-state index in [1.54, 1.807) is 12.2 Å². The van der Waals surface area contributed by atoms with Crippen molar-refractivity contribution in [3.8, 4) is 0 Å². The molecule has 1 aliphatic rings. The summed E-state index contributed by atoms with van der Waals surface area (Å²) in [6.45, 7) is 0. The predicted octanol–water partition coefficient (Wildman–Crippen LogP) is 1.34. The van der Waals surface area contributed by atoms with Crippen LogP contribution in [0.1, 0.15) is 0 Å². The Kier molecular flexibility index (Phi) is 2.90. The van der Waals surface area contributed by atoms with Gasteiger partial charge in [0.05, 0.1) is 0 Å². The Hall–Kier alpha value is -1.77. The van der Waals surface area contributed by atoms with Gasteiger partial charge in [-0.25, -0.2) is 0 Å². The average molecular weight is 162 g/mol. The molecule has 0 saturated carbocycles. The summed E-state index contributed by atoms with van der Waals surface area (Å²) in [5.74, 6) is 0.117. The second-order valence-corrected chi connectivity index (χ2v) is 2.24. The van der Waals surface area contributed by atoms with E-state index in [0.717, 1.165) is 0 Å². The smallest absolute Gasteiger partial charge is 0.170 e. The summed E-state index contributed by atoms with van der Waals surface area (Å²) in [6.07, 6.45) is 12.8. The molecule has 0 unspecified atom stereocenters. The van der Waals surface area contributed by atoms with Crippen molar-refractivity contribution in [1.82, 2.24) is 0 Å². The van der Waals surface area contributed by atoms with Gasteiger partial charge in [-0.05, 0) is 0 Å². The van der Waals surface area contributed by atoms with Gasteiger partial charge in [-0.15, -0.1) is 0 Å². The SMILES string of the molecule is NC(=NO)C1=CC=CC=CC=C1. The second-order valence-electron chi connectivity index (χ2n) is 2.24. The molecular formula is C9H10N2O. The number of hydrogen-bond donors (Lipinski definition) is 2. The van der Waals surface area contributed by atoms with Crippen molar-refractivity contribution < 1.29 is 5.21 Å². The number of amidine groups is 1. The molecule has 0 amide bonds. The number of nitrogens with zero attached hydrogens (tertiary/aromatic N) is 1. The first-order chi connectivity index (χ1) is 5.84. The minimum atomic E-state index is 0.117. The van der Waals surface area contributed by atoms with Crippen LogP contribution in [-0.4, -0.2) is 11.0 Å². The molecule has 0 aromatic heterocycles. The average Bonchev–Trinajstić information content (AvgIpc) is 2.02. The lowest BCUT2D eigenvalue weighted by molar-refractivity contribution is 0.318. The Labute approximate surface area is 70.9 Å². The molecule has 0 fully saturated rings. The fourth-order valence-corrected chi connectivity index (χ4v) is 0.795. The quantitative estimate of drug-likeness (QED) is 0.264. The van der Waals surface area contributed by atoms with Crippen molar-refractivity contribution in [3.05, 3.63) is 48.1 Å². The largest absolute Gasteiger partial charge is 0.409 e. The van der Waals surface area contributed by atoms with Gasteiger partial charge in [0.1, 0.15) is 0 Å². The molecule has 0 saturated heterocycles. The lowest BCUT2D eigenvalue weighted by Crippen LogP contribution is -2.13. The van der Waals surface area contributed by atoms with E-state index in [1.807, 2.05) is 30.4 Å². The second kappa shape index (κ2) is 4.18. The first-order valence-corrected chi connectivity index (χ1v) is 3.54. The molecule has 12 heavy (non-hydrogen) atoms. The molecule has 0 spiro atoms. The maximum absolute atomic E-state index is 8.40. The summed E-state index contributed by atoms with van der Waals surface area (Å²) in [5, 5.41) is 11.3. The number of rotatable bonds is 1. The van der Waals surface area contributed by atoms with E-state index >= 15 is 0 Å². The Morgan fingerprint density at radius 3 is 2.58 bits per heavy atom. The molecule has 0 aromatic carbocycles.